The highest BCUT2D eigenvalue weighted by Gasteiger charge is 2.37. The number of aromatic nitrogens is 3. The number of hydrogen-bond donors (Lipinski definition) is 1. The quantitative estimate of drug-likeness (QED) is 0.294. The van der Waals surface area contributed by atoms with Crippen molar-refractivity contribution in [3.05, 3.63) is 58.5 Å². The minimum absolute atomic E-state index is 0.241. The van der Waals surface area contributed by atoms with Crippen LogP contribution in [0.4, 0.5) is 17.5 Å². The molecule has 3 unspecified atom stereocenters. The molecule has 0 saturated carbocycles. The van der Waals surface area contributed by atoms with Crippen LogP contribution in [0.5, 0.6) is 0 Å². The number of carboxylic acid groups (broad SMARTS) is 1. The summed E-state index contributed by atoms with van der Waals surface area (Å²) < 4.78 is 12.3. The van der Waals surface area contributed by atoms with Crippen LogP contribution >= 0.6 is 0 Å². The second-order valence-electron chi connectivity index (χ2n) is 16.3. The first-order valence-electron chi connectivity index (χ1n) is 18.0. The van der Waals surface area contributed by atoms with Gasteiger partial charge in [0.25, 0.3) is 0 Å². The maximum absolute atomic E-state index is 12.9. The molecular formula is C39H52N6O4. The summed E-state index contributed by atoms with van der Waals surface area (Å²) in [6, 6.07) is 8.73. The normalized spacial score (nSPS) is 22.6. The zero-order valence-corrected chi connectivity index (χ0v) is 30.3. The van der Waals surface area contributed by atoms with E-state index in [0.29, 0.717) is 23.5 Å². The fourth-order valence-corrected chi connectivity index (χ4v) is 8.10. The van der Waals surface area contributed by atoms with Crippen molar-refractivity contribution < 1.29 is 19.4 Å². The predicted molar refractivity (Wildman–Crippen MR) is 192 cm³/mol. The van der Waals surface area contributed by atoms with Crippen LogP contribution in [0, 0.1) is 19.3 Å². The van der Waals surface area contributed by atoms with Crippen molar-refractivity contribution in [3.8, 4) is 11.1 Å². The molecule has 0 amide bonds. The molecule has 3 aromatic rings. The number of carboxylic acids is 1. The smallest absolute Gasteiger partial charge is 0.337 e. The summed E-state index contributed by atoms with van der Waals surface area (Å²) in [7, 11) is 0. The van der Waals surface area contributed by atoms with E-state index in [-0.39, 0.29) is 5.41 Å². The molecule has 262 valence electrons. The number of aliphatic carboxylic acids is 1. The Balaban J connectivity index is 1.22. The summed E-state index contributed by atoms with van der Waals surface area (Å²) in [5, 5.41) is 10.6. The van der Waals surface area contributed by atoms with Crippen molar-refractivity contribution >= 4 is 23.4 Å². The fraction of sp³-hybridized carbons (Fsp3) is 0.590. The molecule has 3 fully saturated rings. The third-order valence-corrected chi connectivity index (χ3v) is 10.8. The van der Waals surface area contributed by atoms with Crippen LogP contribution in [-0.4, -0.2) is 76.6 Å². The van der Waals surface area contributed by atoms with E-state index in [9.17, 15) is 9.90 Å². The van der Waals surface area contributed by atoms with E-state index in [4.69, 9.17) is 24.4 Å². The van der Waals surface area contributed by atoms with Crippen molar-refractivity contribution in [2.45, 2.75) is 111 Å². The van der Waals surface area contributed by atoms with Gasteiger partial charge in [0, 0.05) is 68.0 Å². The standard InChI is InChI=1S/C39H52N6O4/c1-24-32(34(43-18-14-39(6,7)15-19-43)33(25(2)41-24)35(36(46)47)49-38(3,4)5)27-8-9-28-21-44(17-13-26(28)20-27)37-40-16-12-31(42-37)45-22-29-10-11-30(23-45)48-29/h8-9,12,16,20,29-30,35H,10-11,13-15,17-19,21-23H2,1-7H3,(H,46,47). The number of anilines is 3. The highest BCUT2D eigenvalue weighted by molar-refractivity contribution is 5.88. The lowest BCUT2D eigenvalue weighted by atomic mass is 9.81. The maximum atomic E-state index is 12.9. The number of pyridine rings is 1. The lowest BCUT2D eigenvalue weighted by molar-refractivity contribution is -0.160. The second kappa shape index (κ2) is 12.8. The molecule has 0 radical (unpaired) electrons. The van der Waals surface area contributed by atoms with E-state index < -0.39 is 17.7 Å². The molecule has 2 bridgehead atoms. The number of rotatable bonds is 7. The van der Waals surface area contributed by atoms with Gasteiger partial charge in [0.05, 0.1) is 23.5 Å². The van der Waals surface area contributed by atoms with Crippen LogP contribution < -0.4 is 14.7 Å². The van der Waals surface area contributed by atoms with Crippen LogP contribution in [0.2, 0.25) is 0 Å². The molecule has 4 aliphatic rings. The van der Waals surface area contributed by atoms with E-state index in [1.807, 2.05) is 40.0 Å². The number of fused-ring (bicyclic) bond motifs is 3. The molecule has 0 spiro atoms. The Hall–Kier alpha value is -3.76. The number of ether oxygens (including phenoxy) is 2. The molecule has 10 nitrogen and oxygen atoms in total. The van der Waals surface area contributed by atoms with Gasteiger partial charge < -0.3 is 29.3 Å². The van der Waals surface area contributed by atoms with Crippen LogP contribution in [0.25, 0.3) is 11.1 Å². The van der Waals surface area contributed by atoms with Gasteiger partial charge in [-0.05, 0) is 94.9 Å². The highest BCUT2D eigenvalue weighted by Crippen LogP contribution is 2.45. The van der Waals surface area contributed by atoms with E-state index >= 15 is 0 Å². The first-order chi connectivity index (χ1) is 23.2. The summed E-state index contributed by atoms with van der Waals surface area (Å²) in [4.78, 5) is 34.6. The third-order valence-electron chi connectivity index (χ3n) is 10.8. The molecule has 49 heavy (non-hydrogen) atoms. The summed E-state index contributed by atoms with van der Waals surface area (Å²) in [5.74, 6) is 0.752. The minimum Gasteiger partial charge on any atom is -0.479 e. The van der Waals surface area contributed by atoms with E-state index in [2.05, 4.69) is 53.7 Å². The van der Waals surface area contributed by atoms with Gasteiger partial charge in [0.1, 0.15) is 5.82 Å². The van der Waals surface area contributed by atoms with Crippen LogP contribution in [0.1, 0.15) is 94.5 Å². The molecule has 6 heterocycles. The van der Waals surface area contributed by atoms with Gasteiger partial charge in [-0.1, -0.05) is 32.0 Å². The molecule has 2 aromatic heterocycles. The third kappa shape index (κ3) is 6.99. The van der Waals surface area contributed by atoms with Crippen LogP contribution in [0.3, 0.4) is 0 Å². The minimum atomic E-state index is -1.13. The number of piperidine rings is 1. The van der Waals surface area contributed by atoms with Gasteiger partial charge in [-0.15, -0.1) is 0 Å². The average molecular weight is 669 g/mol. The van der Waals surface area contributed by atoms with Crippen LogP contribution in [0.15, 0.2) is 30.5 Å². The molecule has 3 saturated heterocycles. The van der Waals surface area contributed by atoms with Gasteiger partial charge >= 0.3 is 5.97 Å². The Bertz CT molecular complexity index is 1710. The number of morpholine rings is 1. The summed E-state index contributed by atoms with van der Waals surface area (Å²) in [6.07, 6.45) is 6.54. The summed E-state index contributed by atoms with van der Waals surface area (Å²) in [6.45, 7) is 19.4. The Kier molecular flexibility index (Phi) is 8.84. The highest BCUT2D eigenvalue weighted by atomic mass is 16.5. The van der Waals surface area contributed by atoms with Crippen molar-refractivity contribution in [3.63, 3.8) is 0 Å². The van der Waals surface area contributed by atoms with Crippen molar-refractivity contribution in [1.82, 2.24) is 15.0 Å². The topological polar surface area (TPSA) is 104 Å². The average Bonchev–Trinajstić information content (AvgIpc) is 3.39. The molecule has 4 aliphatic heterocycles. The van der Waals surface area contributed by atoms with Gasteiger partial charge in [0.15, 0.2) is 6.10 Å². The molecule has 1 aromatic carbocycles. The van der Waals surface area contributed by atoms with Crippen LogP contribution in [-0.2, 0) is 27.2 Å². The molecule has 1 N–H and O–H groups in total. The van der Waals surface area contributed by atoms with E-state index in [1.165, 1.54) is 11.1 Å². The van der Waals surface area contributed by atoms with Gasteiger partial charge in [0.2, 0.25) is 5.95 Å². The zero-order chi connectivity index (χ0) is 34.7. The Morgan fingerprint density at radius 1 is 0.959 bits per heavy atom. The predicted octanol–water partition coefficient (Wildman–Crippen LogP) is 6.65. The van der Waals surface area contributed by atoms with Gasteiger partial charge in [-0.2, -0.15) is 4.98 Å². The Morgan fingerprint density at radius 3 is 2.35 bits per heavy atom. The number of hydrogen-bond acceptors (Lipinski definition) is 9. The lowest BCUT2D eigenvalue weighted by Crippen LogP contribution is -2.43. The number of nitrogens with zero attached hydrogens (tertiary/aromatic N) is 6. The maximum Gasteiger partial charge on any atom is 0.337 e. The van der Waals surface area contributed by atoms with Gasteiger partial charge in [-0.3, -0.25) is 4.98 Å². The van der Waals surface area contributed by atoms with E-state index in [0.717, 1.165) is 106 Å². The van der Waals surface area contributed by atoms with Gasteiger partial charge in [-0.25, -0.2) is 9.78 Å². The molecule has 0 aliphatic carbocycles. The zero-order valence-electron chi connectivity index (χ0n) is 30.3. The number of benzene rings is 1. The van der Waals surface area contributed by atoms with Crippen molar-refractivity contribution in [1.29, 1.82) is 0 Å². The summed E-state index contributed by atoms with van der Waals surface area (Å²) >= 11 is 0. The van der Waals surface area contributed by atoms with Crippen molar-refractivity contribution in [2.24, 2.45) is 5.41 Å². The van der Waals surface area contributed by atoms with Crippen molar-refractivity contribution in [2.75, 3.05) is 47.4 Å². The number of carbonyl (C=O) groups is 1. The summed E-state index contributed by atoms with van der Waals surface area (Å²) in [5.41, 5.74) is 7.44. The first kappa shape index (κ1) is 33.7. The van der Waals surface area contributed by atoms with E-state index in [1.54, 1.807) is 0 Å². The second-order valence-corrected chi connectivity index (χ2v) is 16.3. The monoisotopic (exact) mass is 668 g/mol. The lowest BCUT2D eigenvalue weighted by Gasteiger charge is -2.41. The largest absolute Gasteiger partial charge is 0.479 e. The Morgan fingerprint density at radius 2 is 1.67 bits per heavy atom. The molecular weight excluding hydrogens is 616 g/mol. The molecule has 10 heteroatoms. The SMILES string of the molecule is Cc1nc(C)c(C(OC(C)(C)C)C(=O)O)c(N2CCC(C)(C)CC2)c1-c1ccc2c(c1)CCN(c1nccc(N3CC4CCC(C3)O4)n1)C2. The Labute approximate surface area is 290 Å². The molecule has 7 rings (SSSR count). The fourth-order valence-electron chi connectivity index (χ4n) is 8.10. The molecule has 3 atom stereocenters. The number of aryl methyl sites for hydroxylation is 2. The first-order valence-corrected chi connectivity index (χ1v) is 18.0.